The number of pyridine rings is 2. The molecule has 0 fully saturated rings. The molecule has 0 saturated carbocycles. The molecule has 0 bridgehead atoms. The zero-order valence-corrected chi connectivity index (χ0v) is 14.6. The van der Waals surface area contributed by atoms with E-state index in [0.29, 0.717) is 5.88 Å². The van der Waals surface area contributed by atoms with E-state index in [1.54, 1.807) is 0 Å². The Kier molecular flexibility index (Phi) is 5.41. The van der Waals surface area contributed by atoms with Crippen molar-refractivity contribution in [2.24, 2.45) is 0 Å². The Bertz CT molecular complexity index is 789. The third-order valence-electron chi connectivity index (χ3n) is 3.98. The Morgan fingerprint density at radius 1 is 0.920 bits per heavy atom. The molecule has 0 radical (unpaired) electrons. The number of hydrogen-bond donors (Lipinski definition) is 1. The Labute approximate surface area is 148 Å². The maximum absolute atomic E-state index is 5.85. The first kappa shape index (κ1) is 17.1. The highest BCUT2D eigenvalue weighted by Gasteiger charge is 2.22. The molecule has 2 heterocycles. The second kappa shape index (κ2) is 7.90. The van der Waals surface area contributed by atoms with Gasteiger partial charge < -0.3 is 10.1 Å². The van der Waals surface area contributed by atoms with Crippen LogP contribution in [-0.4, -0.2) is 16.5 Å². The number of hydrogen-bond acceptors (Lipinski definition) is 4. The fourth-order valence-electron chi connectivity index (χ4n) is 2.55. The van der Waals surface area contributed by atoms with Crippen molar-refractivity contribution in [1.82, 2.24) is 15.3 Å². The first-order valence-corrected chi connectivity index (χ1v) is 8.44. The van der Waals surface area contributed by atoms with E-state index < -0.39 is 0 Å². The van der Waals surface area contributed by atoms with Gasteiger partial charge in [0.25, 0.3) is 0 Å². The zero-order chi connectivity index (χ0) is 17.5. The molecule has 0 aliphatic rings. The fraction of sp³-hybridized carbons (Fsp3) is 0.238. The van der Waals surface area contributed by atoms with E-state index in [-0.39, 0.29) is 5.41 Å². The van der Waals surface area contributed by atoms with Gasteiger partial charge in [-0.3, -0.25) is 4.98 Å². The Balaban J connectivity index is 1.64. The molecule has 4 heteroatoms. The molecule has 0 spiro atoms. The van der Waals surface area contributed by atoms with Crippen molar-refractivity contribution in [2.45, 2.75) is 25.8 Å². The number of nitrogens with one attached hydrogen (secondary N) is 1. The van der Waals surface area contributed by atoms with Crippen molar-refractivity contribution >= 4 is 0 Å². The maximum Gasteiger partial charge on any atom is 0.219 e. The van der Waals surface area contributed by atoms with Gasteiger partial charge >= 0.3 is 0 Å². The summed E-state index contributed by atoms with van der Waals surface area (Å²) in [4.78, 5) is 9.02. The Morgan fingerprint density at radius 3 is 2.48 bits per heavy atom. The highest BCUT2D eigenvalue weighted by molar-refractivity contribution is 5.28. The van der Waals surface area contributed by atoms with Crippen LogP contribution < -0.4 is 10.1 Å². The Morgan fingerprint density at radius 2 is 1.72 bits per heavy atom. The SMILES string of the molecule is CC(C)(CNCc1ccccn1)c1cccc(Oc2ccccc2)n1. The van der Waals surface area contributed by atoms with E-state index in [2.05, 4.69) is 29.1 Å². The number of benzene rings is 1. The predicted molar refractivity (Wildman–Crippen MR) is 99.7 cm³/mol. The lowest BCUT2D eigenvalue weighted by Crippen LogP contribution is -2.33. The van der Waals surface area contributed by atoms with Crippen LogP contribution in [0.4, 0.5) is 0 Å². The lowest BCUT2D eigenvalue weighted by molar-refractivity contribution is 0.429. The van der Waals surface area contributed by atoms with Crippen LogP contribution >= 0.6 is 0 Å². The van der Waals surface area contributed by atoms with Crippen LogP contribution in [-0.2, 0) is 12.0 Å². The highest BCUT2D eigenvalue weighted by Crippen LogP contribution is 2.25. The van der Waals surface area contributed by atoms with Gasteiger partial charge in [0.05, 0.1) is 11.4 Å². The van der Waals surface area contributed by atoms with Crippen LogP contribution in [0, 0.1) is 0 Å². The second-order valence-corrected chi connectivity index (χ2v) is 6.58. The van der Waals surface area contributed by atoms with E-state index in [1.165, 1.54) is 0 Å². The zero-order valence-electron chi connectivity index (χ0n) is 14.6. The van der Waals surface area contributed by atoms with Gasteiger partial charge in [0.15, 0.2) is 0 Å². The summed E-state index contributed by atoms with van der Waals surface area (Å²) in [5.41, 5.74) is 1.91. The predicted octanol–water partition coefficient (Wildman–Crippen LogP) is 4.34. The first-order chi connectivity index (χ1) is 12.1. The van der Waals surface area contributed by atoms with Gasteiger partial charge in [0, 0.05) is 30.8 Å². The largest absolute Gasteiger partial charge is 0.439 e. The number of para-hydroxylation sites is 1. The molecule has 0 atom stereocenters. The molecule has 3 rings (SSSR count). The van der Waals surface area contributed by atoms with Crippen molar-refractivity contribution in [2.75, 3.05) is 6.54 Å². The van der Waals surface area contributed by atoms with Crippen LogP contribution in [0.15, 0.2) is 72.9 Å². The van der Waals surface area contributed by atoms with Crippen molar-refractivity contribution in [3.05, 3.63) is 84.3 Å². The van der Waals surface area contributed by atoms with E-state index >= 15 is 0 Å². The van der Waals surface area contributed by atoms with Crippen molar-refractivity contribution in [3.8, 4) is 11.6 Å². The summed E-state index contributed by atoms with van der Waals surface area (Å²) in [6.07, 6.45) is 1.81. The van der Waals surface area contributed by atoms with E-state index in [9.17, 15) is 0 Å². The first-order valence-electron chi connectivity index (χ1n) is 8.44. The summed E-state index contributed by atoms with van der Waals surface area (Å²) < 4.78 is 5.85. The molecule has 0 unspecified atom stereocenters. The summed E-state index contributed by atoms with van der Waals surface area (Å²) in [5.74, 6) is 1.40. The van der Waals surface area contributed by atoms with Crippen LogP contribution in [0.5, 0.6) is 11.6 Å². The van der Waals surface area contributed by atoms with Crippen LogP contribution in [0.1, 0.15) is 25.2 Å². The minimum absolute atomic E-state index is 0.120. The number of rotatable bonds is 7. The molecule has 1 N–H and O–H groups in total. The van der Waals surface area contributed by atoms with Crippen LogP contribution in [0.25, 0.3) is 0 Å². The smallest absolute Gasteiger partial charge is 0.219 e. The molecule has 1 aromatic carbocycles. The quantitative estimate of drug-likeness (QED) is 0.699. The van der Waals surface area contributed by atoms with Gasteiger partial charge in [-0.05, 0) is 30.3 Å². The maximum atomic E-state index is 5.85. The monoisotopic (exact) mass is 333 g/mol. The topological polar surface area (TPSA) is 47.0 Å². The molecule has 2 aromatic heterocycles. The van der Waals surface area contributed by atoms with Crippen molar-refractivity contribution in [1.29, 1.82) is 0 Å². The average Bonchev–Trinajstić information content (AvgIpc) is 2.64. The summed E-state index contributed by atoms with van der Waals surface area (Å²) in [6.45, 7) is 5.88. The molecule has 0 amide bonds. The summed E-state index contributed by atoms with van der Waals surface area (Å²) in [7, 11) is 0. The van der Waals surface area contributed by atoms with E-state index in [0.717, 1.165) is 30.2 Å². The van der Waals surface area contributed by atoms with Gasteiger partial charge in [-0.1, -0.05) is 44.2 Å². The minimum atomic E-state index is -0.120. The molecule has 4 nitrogen and oxygen atoms in total. The number of aromatic nitrogens is 2. The standard InChI is InChI=1S/C21H23N3O/c1-21(2,16-22-15-17-9-6-7-14-23-17)19-12-8-13-20(24-19)25-18-10-4-3-5-11-18/h3-14,22H,15-16H2,1-2H3. The van der Waals surface area contributed by atoms with Crippen LogP contribution in [0.2, 0.25) is 0 Å². The average molecular weight is 333 g/mol. The van der Waals surface area contributed by atoms with Gasteiger partial charge in [0.1, 0.15) is 5.75 Å². The van der Waals surface area contributed by atoms with Gasteiger partial charge in [-0.25, -0.2) is 4.98 Å². The molecular weight excluding hydrogens is 310 g/mol. The molecular formula is C21H23N3O. The van der Waals surface area contributed by atoms with E-state index in [4.69, 9.17) is 4.74 Å². The highest BCUT2D eigenvalue weighted by atomic mass is 16.5. The normalized spacial score (nSPS) is 11.3. The molecule has 3 aromatic rings. The van der Waals surface area contributed by atoms with Gasteiger partial charge in [-0.15, -0.1) is 0 Å². The second-order valence-electron chi connectivity index (χ2n) is 6.58. The summed E-state index contributed by atoms with van der Waals surface area (Å²) >= 11 is 0. The molecule has 0 aliphatic heterocycles. The van der Waals surface area contributed by atoms with Gasteiger partial charge in [-0.2, -0.15) is 0 Å². The Hall–Kier alpha value is -2.72. The number of nitrogens with zero attached hydrogens (tertiary/aromatic N) is 2. The third-order valence-corrected chi connectivity index (χ3v) is 3.98. The van der Waals surface area contributed by atoms with Gasteiger partial charge in [0.2, 0.25) is 5.88 Å². The molecule has 128 valence electrons. The number of ether oxygens (including phenoxy) is 1. The molecule has 0 saturated heterocycles. The van der Waals surface area contributed by atoms with Crippen LogP contribution in [0.3, 0.4) is 0 Å². The summed E-state index contributed by atoms with van der Waals surface area (Å²) in [6, 6.07) is 21.6. The minimum Gasteiger partial charge on any atom is -0.439 e. The third kappa shape index (κ3) is 4.88. The lowest BCUT2D eigenvalue weighted by atomic mass is 9.88. The van der Waals surface area contributed by atoms with Crippen molar-refractivity contribution in [3.63, 3.8) is 0 Å². The lowest BCUT2D eigenvalue weighted by Gasteiger charge is -2.25. The fourth-order valence-corrected chi connectivity index (χ4v) is 2.55. The van der Waals surface area contributed by atoms with Crippen molar-refractivity contribution < 1.29 is 4.74 Å². The summed E-state index contributed by atoms with van der Waals surface area (Å²) in [5, 5.41) is 3.47. The molecule has 25 heavy (non-hydrogen) atoms. The molecule has 0 aliphatic carbocycles. The van der Waals surface area contributed by atoms with E-state index in [1.807, 2.05) is 72.9 Å².